The lowest BCUT2D eigenvalue weighted by molar-refractivity contribution is 0.334. The molecule has 2 aromatic carbocycles. The van der Waals surface area contributed by atoms with Crippen molar-refractivity contribution in [2.24, 2.45) is 5.73 Å². The van der Waals surface area contributed by atoms with E-state index < -0.39 is 0 Å². The Morgan fingerprint density at radius 3 is 2.75 bits per heavy atom. The Balaban J connectivity index is 2.23. The van der Waals surface area contributed by atoms with Crippen LogP contribution in [-0.2, 0) is 6.42 Å². The summed E-state index contributed by atoms with van der Waals surface area (Å²) >= 11 is 6.08. The quantitative estimate of drug-likeness (QED) is 0.900. The SMILES string of the molecule is CCOc1ccccc1C(N)Cc1cc(F)ccc1Cl. The standard InChI is InChI=1S/C16H17ClFNO/c1-2-20-16-6-4-3-5-13(16)15(19)10-11-9-12(18)7-8-14(11)17/h3-9,15H,2,10,19H2,1H3. The molecule has 0 heterocycles. The van der Waals surface area contributed by atoms with Gasteiger partial charge in [-0.15, -0.1) is 0 Å². The van der Waals surface area contributed by atoms with Gasteiger partial charge in [0.1, 0.15) is 11.6 Å². The minimum absolute atomic E-state index is 0.294. The lowest BCUT2D eigenvalue weighted by Crippen LogP contribution is -2.15. The highest BCUT2D eigenvalue weighted by Crippen LogP contribution is 2.28. The van der Waals surface area contributed by atoms with E-state index in [1.165, 1.54) is 12.1 Å². The minimum Gasteiger partial charge on any atom is -0.494 e. The molecule has 2 rings (SSSR count). The van der Waals surface area contributed by atoms with Gasteiger partial charge in [-0.25, -0.2) is 4.39 Å². The van der Waals surface area contributed by atoms with E-state index in [-0.39, 0.29) is 11.9 Å². The molecule has 2 nitrogen and oxygen atoms in total. The van der Waals surface area contributed by atoms with Gasteiger partial charge in [0.25, 0.3) is 0 Å². The van der Waals surface area contributed by atoms with Gasteiger partial charge in [-0.2, -0.15) is 0 Å². The van der Waals surface area contributed by atoms with Crippen molar-refractivity contribution in [1.29, 1.82) is 0 Å². The summed E-state index contributed by atoms with van der Waals surface area (Å²) in [6.45, 7) is 2.50. The number of hydrogen-bond donors (Lipinski definition) is 1. The van der Waals surface area contributed by atoms with Crippen molar-refractivity contribution in [2.45, 2.75) is 19.4 Å². The summed E-state index contributed by atoms with van der Waals surface area (Å²) in [7, 11) is 0. The second kappa shape index (κ2) is 6.73. The van der Waals surface area contributed by atoms with E-state index >= 15 is 0 Å². The molecule has 0 bridgehead atoms. The van der Waals surface area contributed by atoms with Gasteiger partial charge < -0.3 is 10.5 Å². The molecule has 0 aliphatic heterocycles. The van der Waals surface area contributed by atoms with E-state index in [4.69, 9.17) is 22.1 Å². The molecule has 0 saturated heterocycles. The molecule has 2 N–H and O–H groups in total. The molecule has 0 aliphatic rings. The van der Waals surface area contributed by atoms with E-state index in [9.17, 15) is 4.39 Å². The predicted molar refractivity (Wildman–Crippen MR) is 79.7 cm³/mol. The van der Waals surface area contributed by atoms with Crippen LogP contribution in [0.25, 0.3) is 0 Å². The monoisotopic (exact) mass is 293 g/mol. The van der Waals surface area contributed by atoms with Gasteiger partial charge in [-0.3, -0.25) is 0 Å². The maximum Gasteiger partial charge on any atom is 0.124 e. The zero-order valence-electron chi connectivity index (χ0n) is 11.3. The average Bonchev–Trinajstić information content (AvgIpc) is 2.44. The maximum atomic E-state index is 13.3. The minimum atomic E-state index is -0.310. The van der Waals surface area contributed by atoms with Gasteiger partial charge in [0.05, 0.1) is 6.61 Å². The Kier molecular flexibility index (Phi) is 4.99. The van der Waals surface area contributed by atoms with Crippen LogP contribution in [0, 0.1) is 5.82 Å². The van der Waals surface area contributed by atoms with Crippen LogP contribution in [0.1, 0.15) is 24.1 Å². The molecule has 106 valence electrons. The van der Waals surface area contributed by atoms with Gasteiger partial charge in [0.2, 0.25) is 0 Å². The fourth-order valence-corrected chi connectivity index (χ4v) is 2.32. The Labute approximate surface area is 123 Å². The zero-order chi connectivity index (χ0) is 14.5. The molecule has 20 heavy (non-hydrogen) atoms. The van der Waals surface area contributed by atoms with Gasteiger partial charge in [0.15, 0.2) is 0 Å². The molecule has 0 spiro atoms. The van der Waals surface area contributed by atoms with Crippen molar-refractivity contribution < 1.29 is 9.13 Å². The lowest BCUT2D eigenvalue weighted by atomic mass is 9.99. The van der Waals surface area contributed by atoms with Crippen molar-refractivity contribution in [3.05, 3.63) is 64.4 Å². The third kappa shape index (κ3) is 3.50. The number of halogens is 2. The first-order valence-corrected chi connectivity index (χ1v) is 6.91. The first-order valence-electron chi connectivity index (χ1n) is 6.53. The third-order valence-corrected chi connectivity index (χ3v) is 3.43. The molecule has 0 radical (unpaired) electrons. The molecule has 0 saturated carbocycles. The summed E-state index contributed by atoms with van der Waals surface area (Å²) in [6, 6.07) is 11.6. The van der Waals surface area contributed by atoms with Crippen LogP contribution in [0.4, 0.5) is 4.39 Å². The summed E-state index contributed by atoms with van der Waals surface area (Å²) in [4.78, 5) is 0. The number of para-hydroxylation sites is 1. The lowest BCUT2D eigenvalue weighted by Gasteiger charge is -2.17. The molecular weight excluding hydrogens is 277 g/mol. The van der Waals surface area contributed by atoms with Gasteiger partial charge >= 0.3 is 0 Å². The van der Waals surface area contributed by atoms with Crippen LogP contribution in [0.5, 0.6) is 5.75 Å². The van der Waals surface area contributed by atoms with Crippen molar-refractivity contribution in [3.8, 4) is 5.75 Å². The summed E-state index contributed by atoms with van der Waals surface area (Å²) < 4.78 is 18.8. The number of nitrogens with two attached hydrogens (primary N) is 1. The van der Waals surface area contributed by atoms with Crippen LogP contribution in [0.2, 0.25) is 5.02 Å². The molecule has 1 unspecified atom stereocenters. The first-order chi connectivity index (χ1) is 9.61. The second-order valence-electron chi connectivity index (χ2n) is 4.52. The van der Waals surface area contributed by atoms with Crippen LogP contribution in [-0.4, -0.2) is 6.61 Å². The smallest absolute Gasteiger partial charge is 0.124 e. The fourth-order valence-electron chi connectivity index (χ4n) is 2.12. The molecule has 0 aliphatic carbocycles. The highest BCUT2D eigenvalue weighted by molar-refractivity contribution is 6.31. The molecule has 2 aromatic rings. The van der Waals surface area contributed by atoms with E-state index in [1.54, 1.807) is 6.07 Å². The summed E-state index contributed by atoms with van der Waals surface area (Å²) in [5.41, 5.74) is 7.81. The Morgan fingerprint density at radius 2 is 2.00 bits per heavy atom. The normalized spacial score (nSPS) is 12.2. The molecule has 4 heteroatoms. The number of benzene rings is 2. The molecular formula is C16H17ClFNO. The van der Waals surface area contributed by atoms with Crippen molar-refractivity contribution >= 4 is 11.6 Å². The summed E-state index contributed by atoms with van der Waals surface area (Å²) in [6.07, 6.45) is 0.459. The van der Waals surface area contributed by atoms with Gasteiger partial charge in [-0.1, -0.05) is 29.8 Å². The van der Waals surface area contributed by atoms with Crippen molar-refractivity contribution in [3.63, 3.8) is 0 Å². The number of rotatable bonds is 5. The topological polar surface area (TPSA) is 35.2 Å². The highest BCUT2D eigenvalue weighted by atomic mass is 35.5. The Morgan fingerprint density at radius 1 is 1.25 bits per heavy atom. The van der Waals surface area contributed by atoms with E-state index in [1.807, 2.05) is 31.2 Å². The average molecular weight is 294 g/mol. The molecule has 0 amide bonds. The van der Waals surface area contributed by atoms with Crippen LogP contribution in [0.3, 0.4) is 0 Å². The number of ether oxygens (including phenoxy) is 1. The van der Waals surface area contributed by atoms with E-state index in [0.717, 1.165) is 11.3 Å². The van der Waals surface area contributed by atoms with Crippen LogP contribution in [0.15, 0.2) is 42.5 Å². The van der Waals surface area contributed by atoms with Crippen LogP contribution >= 0.6 is 11.6 Å². The van der Waals surface area contributed by atoms with Crippen molar-refractivity contribution in [2.75, 3.05) is 6.61 Å². The Bertz CT molecular complexity index is 588. The van der Waals surface area contributed by atoms with Crippen molar-refractivity contribution in [1.82, 2.24) is 0 Å². The summed E-state index contributed by atoms with van der Waals surface area (Å²) in [5.74, 6) is 0.449. The van der Waals surface area contributed by atoms with E-state index in [2.05, 4.69) is 0 Å². The zero-order valence-corrected chi connectivity index (χ0v) is 12.0. The number of hydrogen-bond acceptors (Lipinski definition) is 2. The molecule has 0 aromatic heterocycles. The fraction of sp³-hybridized carbons (Fsp3) is 0.250. The summed E-state index contributed by atoms with van der Waals surface area (Å²) in [5, 5.41) is 0.524. The predicted octanol–water partition coefficient (Wildman–Crippen LogP) is 4.12. The first kappa shape index (κ1) is 14.8. The highest BCUT2D eigenvalue weighted by Gasteiger charge is 2.14. The van der Waals surface area contributed by atoms with Gasteiger partial charge in [0, 0.05) is 16.6 Å². The maximum absolute atomic E-state index is 13.3. The van der Waals surface area contributed by atoms with Crippen LogP contribution < -0.4 is 10.5 Å². The largest absolute Gasteiger partial charge is 0.494 e. The van der Waals surface area contributed by atoms with Gasteiger partial charge in [-0.05, 0) is 43.2 Å². The van der Waals surface area contributed by atoms with E-state index in [0.29, 0.717) is 23.6 Å². The molecule has 0 fully saturated rings. The second-order valence-corrected chi connectivity index (χ2v) is 4.92. The molecule has 1 atom stereocenters. The third-order valence-electron chi connectivity index (χ3n) is 3.07. The Hall–Kier alpha value is -1.58.